The lowest BCUT2D eigenvalue weighted by Crippen LogP contribution is -2.03. The van der Waals surface area contributed by atoms with E-state index in [4.69, 9.17) is 9.05 Å². The second-order valence-corrected chi connectivity index (χ2v) is 5.88. The van der Waals surface area contributed by atoms with Gasteiger partial charge in [-0.3, -0.25) is 9.13 Å². The van der Waals surface area contributed by atoms with Crippen LogP contribution in [0.5, 0.6) is 0 Å². The van der Waals surface area contributed by atoms with Crippen LogP contribution in [0.3, 0.4) is 0 Å². The predicted octanol–water partition coefficient (Wildman–Crippen LogP) is 2.89. The molecule has 0 aliphatic heterocycles. The van der Waals surface area contributed by atoms with Crippen LogP contribution in [-0.4, -0.2) is 18.6 Å². The smallest absolute Gasteiger partial charge is 0.308 e. The van der Waals surface area contributed by atoms with Crippen LogP contribution in [-0.2, 0) is 18.2 Å². The molecule has 12 heavy (non-hydrogen) atoms. The summed E-state index contributed by atoms with van der Waals surface area (Å²) in [6, 6.07) is 0. The van der Waals surface area contributed by atoms with Crippen molar-refractivity contribution in [3.8, 4) is 0 Å². The fourth-order valence-electron chi connectivity index (χ4n) is 0.671. The Morgan fingerprint density at radius 1 is 1.33 bits per heavy atom. The molecule has 0 fully saturated rings. The lowest BCUT2D eigenvalue weighted by Gasteiger charge is -2.18. The molecule has 1 atom stereocenters. The lowest BCUT2D eigenvalue weighted by molar-refractivity contribution is 0.219. The summed E-state index contributed by atoms with van der Waals surface area (Å²) in [6.07, 6.45) is 0. The third-order valence-electron chi connectivity index (χ3n) is 1.23. The van der Waals surface area contributed by atoms with Crippen LogP contribution in [0.4, 0.5) is 0 Å². The minimum absolute atomic E-state index is 0.206. The first-order valence-electron chi connectivity index (χ1n) is 3.82. The summed E-state index contributed by atoms with van der Waals surface area (Å²) >= 11 is 0. The van der Waals surface area contributed by atoms with E-state index >= 15 is 0 Å². The van der Waals surface area contributed by atoms with Crippen molar-refractivity contribution in [2.24, 2.45) is 0 Å². The van der Waals surface area contributed by atoms with E-state index in [2.05, 4.69) is 0 Å². The second kappa shape index (κ2) is 5.82. The summed E-state index contributed by atoms with van der Waals surface area (Å²) < 4.78 is 32.1. The molecule has 4 nitrogen and oxygen atoms in total. The number of rotatable bonds is 6. The van der Waals surface area contributed by atoms with Gasteiger partial charge in [0.2, 0.25) is 0 Å². The molecule has 72 valence electrons. The van der Waals surface area contributed by atoms with Crippen molar-refractivity contribution >= 4 is 16.1 Å². The monoisotopic (exact) mass is 212 g/mol. The van der Waals surface area contributed by atoms with Crippen LogP contribution in [0.2, 0.25) is 0 Å². The molecule has 0 spiro atoms. The SMILES string of the molecule is CCOP(=O)(OCC)C(C)P=O. The highest BCUT2D eigenvalue weighted by molar-refractivity contribution is 7.63. The Bertz CT molecular complexity index is 172. The molecule has 0 aromatic rings. The van der Waals surface area contributed by atoms with E-state index in [9.17, 15) is 9.13 Å². The van der Waals surface area contributed by atoms with E-state index < -0.39 is 13.0 Å². The first-order valence-corrected chi connectivity index (χ1v) is 6.31. The van der Waals surface area contributed by atoms with Crippen molar-refractivity contribution in [1.29, 1.82) is 0 Å². The van der Waals surface area contributed by atoms with Crippen LogP contribution in [0.15, 0.2) is 0 Å². The van der Waals surface area contributed by atoms with Crippen molar-refractivity contribution in [3.05, 3.63) is 0 Å². The van der Waals surface area contributed by atoms with Gasteiger partial charge in [-0.1, -0.05) is 0 Å². The van der Waals surface area contributed by atoms with Gasteiger partial charge in [-0.25, -0.2) is 0 Å². The molecule has 0 saturated carbocycles. The standard InChI is InChI=1S/C6H14O4P2/c1-4-9-12(8,10-5-2)6(3)11-7/h6H,4-5H2,1-3H3. The molecule has 0 N–H and O–H groups in total. The summed E-state index contributed by atoms with van der Waals surface area (Å²) in [4.78, 5) is 0. The highest BCUT2D eigenvalue weighted by atomic mass is 31.2. The molecule has 0 aliphatic carbocycles. The topological polar surface area (TPSA) is 52.6 Å². The Kier molecular flexibility index (Phi) is 5.94. The van der Waals surface area contributed by atoms with Gasteiger partial charge in [-0.2, -0.15) is 0 Å². The van der Waals surface area contributed by atoms with E-state index in [0.29, 0.717) is 13.2 Å². The molecule has 6 heteroatoms. The Morgan fingerprint density at radius 3 is 2.00 bits per heavy atom. The van der Waals surface area contributed by atoms with Gasteiger partial charge in [-0.05, 0) is 20.8 Å². The highest BCUT2D eigenvalue weighted by Gasteiger charge is 2.32. The minimum atomic E-state index is -3.14. The van der Waals surface area contributed by atoms with Gasteiger partial charge >= 0.3 is 7.60 Å². The quantitative estimate of drug-likeness (QED) is 0.635. The van der Waals surface area contributed by atoms with Crippen LogP contribution in [0.1, 0.15) is 20.8 Å². The first kappa shape index (κ1) is 12.2. The third-order valence-corrected chi connectivity index (χ3v) is 4.82. The molecule has 0 saturated heterocycles. The van der Waals surface area contributed by atoms with Crippen LogP contribution in [0.25, 0.3) is 0 Å². The average Bonchev–Trinajstić information content (AvgIpc) is 2.04. The predicted molar refractivity (Wildman–Crippen MR) is 47.9 cm³/mol. The highest BCUT2D eigenvalue weighted by Crippen LogP contribution is 2.56. The minimum Gasteiger partial charge on any atom is -0.308 e. The molecular formula is C6H14O4P2. The summed E-state index contributed by atoms with van der Waals surface area (Å²) in [5.41, 5.74) is 0. The van der Waals surface area contributed by atoms with E-state index in [0.717, 1.165) is 0 Å². The first-order chi connectivity index (χ1) is 5.60. The molecule has 1 unspecified atom stereocenters. The van der Waals surface area contributed by atoms with Gasteiger partial charge in [0.1, 0.15) is 5.40 Å². The van der Waals surface area contributed by atoms with Crippen LogP contribution >= 0.6 is 16.1 Å². The second-order valence-electron chi connectivity index (χ2n) is 2.11. The molecule has 0 heterocycles. The van der Waals surface area contributed by atoms with Crippen molar-refractivity contribution < 1.29 is 18.2 Å². The lowest BCUT2D eigenvalue weighted by atomic mass is 10.9. The van der Waals surface area contributed by atoms with Crippen LogP contribution < -0.4 is 0 Å². The molecule has 0 radical (unpaired) electrons. The van der Waals surface area contributed by atoms with E-state index in [1.165, 1.54) is 0 Å². The maximum absolute atomic E-state index is 11.7. The maximum Gasteiger partial charge on any atom is 0.344 e. The summed E-state index contributed by atoms with van der Waals surface area (Å²) in [5.74, 6) is 0. The summed E-state index contributed by atoms with van der Waals surface area (Å²) in [7, 11) is -3.34. The molecule has 0 bridgehead atoms. The Balaban J connectivity index is 4.37. The molecule has 0 amide bonds. The van der Waals surface area contributed by atoms with Crippen LogP contribution in [0, 0.1) is 0 Å². The normalized spacial score (nSPS) is 14.9. The van der Waals surface area contributed by atoms with Gasteiger partial charge in [-0.15, -0.1) is 0 Å². The van der Waals surface area contributed by atoms with Crippen molar-refractivity contribution in [1.82, 2.24) is 0 Å². The zero-order valence-electron chi connectivity index (χ0n) is 7.52. The molecule has 0 aromatic carbocycles. The van der Waals surface area contributed by atoms with Gasteiger partial charge < -0.3 is 9.05 Å². The molecule has 0 aromatic heterocycles. The molecular weight excluding hydrogens is 198 g/mol. The van der Waals surface area contributed by atoms with Crippen molar-refractivity contribution in [2.75, 3.05) is 13.2 Å². The van der Waals surface area contributed by atoms with Gasteiger partial charge in [0.05, 0.1) is 13.2 Å². The Labute approximate surface area is 74.4 Å². The number of hydrogen-bond acceptors (Lipinski definition) is 4. The number of hydrogen-bond donors (Lipinski definition) is 0. The van der Waals surface area contributed by atoms with Crippen molar-refractivity contribution in [2.45, 2.75) is 26.2 Å². The summed E-state index contributed by atoms with van der Waals surface area (Å²) in [6.45, 7) is 5.62. The van der Waals surface area contributed by atoms with E-state index in [-0.39, 0.29) is 8.46 Å². The van der Waals surface area contributed by atoms with Gasteiger partial charge in [0, 0.05) is 0 Å². The maximum atomic E-state index is 11.7. The Hall–Kier alpha value is 0.250. The average molecular weight is 212 g/mol. The van der Waals surface area contributed by atoms with E-state index in [1.54, 1.807) is 20.8 Å². The third kappa shape index (κ3) is 3.32. The molecule has 0 rings (SSSR count). The zero-order chi connectivity index (χ0) is 9.61. The molecule has 0 aliphatic rings. The van der Waals surface area contributed by atoms with Gasteiger partial charge in [0.15, 0.2) is 8.46 Å². The zero-order valence-corrected chi connectivity index (χ0v) is 9.31. The fraction of sp³-hybridized carbons (Fsp3) is 1.00. The van der Waals surface area contributed by atoms with E-state index in [1.807, 2.05) is 0 Å². The fourth-order valence-corrected chi connectivity index (χ4v) is 2.76. The largest absolute Gasteiger partial charge is 0.344 e. The van der Waals surface area contributed by atoms with Gasteiger partial charge in [0.25, 0.3) is 0 Å². The summed E-state index contributed by atoms with van der Waals surface area (Å²) in [5, 5.41) is -0.586. The van der Waals surface area contributed by atoms with Crippen molar-refractivity contribution in [3.63, 3.8) is 0 Å². The Morgan fingerprint density at radius 2 is 1.75 bits per heavy atom.